The van der Waals surface area contributed by atoms with E-state index >= 15 is 0 Å². The third-order valence-corrected chi connectivity index (χ3v) is 3.58. The number of carbonyl (C=O) groups excluding carboxylic acids is 2. The number of anilines is 1. The van der Waals surface area contributed by atoms with Gasteiger partial charge in [-0.1, -0.05) is 10.4 Å². The average Bonchev–Trinajstić information content (AvgIpc) is 3.19. The van der Waals surface area contributed by atoms with E-state index in [4.69, 9.17) is 9.26 Å². The standard InChI is InChI=1S/C16H17N5O4/c1-4-21-13-6-5-11(8-12(13)18-20-21)16(23)24-10(3)15(22)17-14-7-9(2)19-25-14/h5-8,10H,4H2,1-3H3,(H,17,22)/t10-/m0/s1. The fourth-order valence-electron chi connectivity index (χ4n) is 2.26. The van der Waals surface area contributed by atoms with Gasteiger partial charge in [-0.25, -0.2) is 9.48 Å². The number of hydrogen-bond donors (Lipinski definition) is 1. The van der Waals surface area contributed by atoms with Gasteiger partial charge < -0.3 is 9.26 Å². The van der Waals surface area contributed by atoms with Gasteiger partial charge in [-0.05, 0) is 39.0 Å². The molecule has 0 saturated carbocycles. The number of rotatable bonds is 5. The van der Waals surface area contributed by atoms with Crippen LogP contribution in [0.25, 0.3) is 11.0 Å². The predicted molar refractivity (Wildman–Crippen MR) is 87.9 cm³/mol. The zero-order chi connectivity index (χ0) is 18.0. The highest BCUT2D eigenvalue weighted by molar-refractivity contribution is 5.98. The van der Waals surface area contributed by atoms with Crippen LogP contribution in [0.2, 0.25) is 0 Å². The molecule has 2 heterocycles. The molecule has 9 heteroatoms. The number of ether oxygens (including phenoxy) is 1. The Hall–Kier alpha value is -3.23. The molecule has 130 valence electrons. The summed E-state index contributed by atoms with van der Waals surface area (Å²) in [6, 6.07) is 6.51. The number of nitrogens with one attached hydrogen (secondary N) is 1. The third-order valence-electron chi connectivity index (χ3n) is 3.58. The quantitative estimate of drug-likeness (QED) is 0.704. The second-order valence-electron chi connectivity index (χ2n) is 5.48. The fraction of sp³-hybridized carbons (Fsp3) is 0.312. The summed E-state index contributed by atoms with van der Waals surface area (Å²) in [6.45, 7) is 5.83. The summed E-state index contributed by atoms with van der Waals surface area (Å²) >= 11 is 0. The van der Waals surface area contributed by atoms with E-state index in [1.807, 2.05) is 6.92 Å². The minimum Gasteiger partial charge on any atom is -0.449 e. The molecule has 25 heavy (non-hydrogen) atoms. The average molecular weight is 343 g/mol. The predicted octanol–water partition coefficient (Wildman–Crippen LogP) is 1.93. The lowest BCUT2D eigenvalue weighted by Crippen LogP contribution is -2.29. The minimum absolute atomic E-state index is 0.197. The van der Waals surface area contributed by atoms with Gasteiger partial charge in [-0.3, -0.25) is 10.1 Å². The fourth-order valence-corrected chi connectivity index (χ4v) is 2.26. The molecule has 1 atom stereocenters. The Labute approximate surface area is 142 Å². The number of aryl methyl sites for hydroxylation is 2. The number of amides is 1. The van der Waals surface area contributed by atoms with Crippen LogP contribution in [0, 0.1) is 6.92 Å². The van der Waals surface area contributed by atoms with Crippen molar-refractivity contribution in [2.45, 2.75) is 33.4 Å². The number of aromatic nitrogens is 4. The molecule has 0 aliphatic rings. The molecule has 0 aliphatic heterocycles. The van der Waals surface area contributed by atoms with Crippen molar-refractivity contribution in [1.29, 1.82) is 0 Å². The number of benzene rings is 1. The summed E-state index contributed by atoms with van der Waals surface area (Å²) in [4.78, 5) is 24.3. The van der Waals surface area contributed by atoms with E-state index in [0.717, 1.165) is 5.52 Å². The Morgan fingerprint density at radius 1 is 1.36 bits per heavy atom. The molecule has 0 aliphatic carbocycles. The van der Waals surface area contributed by atoms with E-state index < -0.39 is 18.0 Å². The SMILES string of the molecule is CCn1nnc2cc(C(=O)O[C@@H](C)C(=O)Nc3cc(C)no3)ccc21. The Kier molecular flexibility index (Phi) is 4.46. The lowest BCUT2D eigenvalue weighted by atomic mass is 10.2. The molecule has 1 amide bonds. The molecule has 0 spiro atoms. The zero-order valence-corrected chi connectivity index (χ0v) is 14.0. The van der Waals surface area contributed by atoms with Crippen LogP contribution >= 0.6 is 0 Å². The molecule has 9 nitrogen and oxygen atoms in total. The molecule has 2 aromatic heterocycles. The van der Waals surface area contributed by atoms with Gasteiger partial charge in [0.05, 0.1) is 16.8 Å². The van der Waals surface area contributed by atoms with Crippen molar-refractivity contribution in [2.24, 2.45) is 0 Å². The smallest absolute Gasteiger partial charge is 0.338 e. The molecule has 0 saturated heterocycles. The third kappa shape index (κ3) is 3.49. The molecule has 0 bridgehead atoms. The molecule has 0 radical (unpaired) electrons. The summed E-state index contributed by atoms with van der Waals surface area (Å²) in [5.74, 6) is -0.935. The maximum atomic E-state index is 12.2. The van der Waals surface area contributed by atoms with E-state index in [9.17, 15) is 9.59 Å². The van der Waals surface area contributed by atoms with Gasteiger partial charge in [0.1, 0.15) is 5.52 Å². The highest BCUT2D eigenvalue weighted by Gasteiger charge is 2.21. The minimum atomic E-state index is -1.00. The van der Waals surface area contributed by atoms with Crippen LogP contribution < -0.4 is 5.32 Å². The first-order valence-electron chi connectivity index (χ1n) is 7.76. The number of nitrogens with zero attached hydrogens (tertiary/aromatic N) is 4. The summed E-state index contributed by atoms with van der Waals surface area (Å²) < 4.78 is 11.8. The van der Waals surface area contributed by atoms with Gasteiger partial charge in [-0.2, -0.15) is 0 Å². The van der Waals surface area contributed by atoms with Crippen LogP contribution in [0.4, 0.5) is 5.88 Å². The normalized spacial score (nSPS) is 12.1. The summed E-state index contributed by atoms with van der Waals surface area (Å²) in [5, 5.41) is 14.1. The first kappa shape index (κ1) is 16.6. The van der Waals surface area contributed by atoms with E-state index in [1.54, 1.807) is 35.9 Å². The van der Waals surface area contributed by atoms with Crippen molar-refractivity contribution in [3.05, 3.63) is 35.5 Å². The first-order chi connectivity index (χ1) is 12.0. The van der Waals surface area contributed by atoms with Crippen LogP contribution in [0.15, 0.2) is 28.8 Å². The van der Waals surface area contributed by atoms with E-state index in [2.05, 4.69) is 20.8 Å². The number of fused-ring (bicyclic) bond motifs is 1. The highest BCUT2D eigenvalue weighted by atomic mass is 16.5. The molecule has 0 unspecified atom stereocenters. The topological polar surface area (TPSA) is 112 Å². The number of carbonyl (C=O) groups is 2. The maximum absolute atomic E-state index is 12.2. The van der Waals surface area contributed by atoms with Gasteiger partial charge in [0.2, 0.25) is 5.88 Å². The van der Waals surface area contributed by atoms with Crippen molar-refractivity contribution in [2.75, 3.05) is 5.32 Å². The zero-order valence-electron chi connectivity index (χ0n) is 14.0. The molecule has 3 rings (SSSR count). The Balaban J connectivity index is 1.67. The monoisotopic (exact) mass is 343 g/mol. The van der Waals surface area contributed by atoms with Crippen molar-refractivity contribution >= 4 is 28.8 Å². The molecule has 0 fully saturated rings. The highest BCUT2D eigenvalue weighted by Crippen LogP contribution is 2.15. The molecular formula is C16H17N5O4. The summed E-state index contributed by atoms with van der Waals surface area (Å²) in [6.07, 6.45) is -1.00. The van der Waals surface area contributed by atoms with E-state index in [1.165, 1.54) is 6.92 Å². The molecular weight excluding hydrogens is 326 g/mol. The van der Waals surface area contributed by atoms with Crippen LogP contribution in [0.5, 0.6) is 0 Å². The Bertz CT molecular complexity index is 930. The second-order valence-corrected chi connectivity index (χ2v) is 5.48. The van der Waals surface area contributed by atoms with Crippen LogP contribution in [-0.2, 0) is 16.1 Å². The van der Waals surface area contributed by atoms with Gasteiger partial charge >= 0.3 is 5.97 Å². The van der Waals surface area contributed by atoms with Gasteiger partial charge in [0.15, 0.2) is 6.10 Å². The van der Waals surface area contributed by atoms with Crippen molar-refractivity contribution < 1.29 is 18.8 Å². The van der Waals surface area contributed by atoms with Gasteiger partial charge in [0.25, 0.3) is 5.91 Å². The Morgan fingerprint density at radius 2 is 2.16 bits per heavy atom. The lowest BCUT2D eigenvalue weighted by molar-refractivity contribution is -0.123. The molecule has 1 aromatic carbocycles. The van der Waals surface area contributed by atoms with Crippen molar-refractivity contribution in [1.82, 2.24) is 20.2 Å². The number of esters is 1. The summed E-state index contributed by atoms with van der Waals surface area (Å²) in [7, 11) is 0. The first-order valence-corrected chi connectivity index (χ1v) is 7.76. The number of hydrogen-bond acceptors (Lipinski definition) is 7. The van der Waals surface area contributed by atoms with Gasteiger partial charge in [0, 0.05) is 12.6 Å². The van der Waals surface area contributed by atoms with E-state index in [0.29, 0.717) is 23.3 Å². The summed E-state index contributed by atoms with van der Waals surface area (Å²) in [5.41, 5.74) is 2.34. The maximum Gasteiger partial charge on any atom is 0.338 e. The van der Waals surface area contributed by atoms with Crippen LogP contribution in [-0.4, -0.2) is 38.1 Å². The van der Waals surface area contributed by atoms with Crippen molar-refractivity contribution in [3.63, 3.8) is 0 Å². The van der Waals surface area contributed by atoms with Crippen LogP contribution in [0.1, 0.15) is 29.9 Å². The van der Waals surface area contributed by atoms with Crippen LogP contribution in [0.3, 0.4) is 0 Å². The molecule has 1 N–H and O–H groups in total. The van der Waals surface area contributed by atoms with Gasteiger partial charge in [-0.15, -0.1) is 5.10 Å². The largest absolute Gasteiger partial charge is 0.449 e. The second kappa shape index (κ2) is 6.71. The van der Waals surface area contributed by atoms with E-state index in [-0.39, 0.29) is 5.88 Å². The van der Waals surface area contributed by atoms with Crippen molar-refractivity contribution in [3.8, 4) is 0 Å². The lowest BCUT2D eigenvalue weighted by Gasteiger charge is -2.12. The Morgan fingerprint density at radius 3 is 2.84 bits per heavy atom. The molecule has 3 aromatic rings.